The monoisotopic (exact) mass is 505 g/mol. The molecule has 1 N–H and O–H groups in total. The standard InChI is InChI=1S/C28H28FN3O5/c1-19(2)36-15-14-31-12-13-32-17-23(27(34)30-16-20-8-10-22(29)11-9-20)25(33)26(24(32)28(31)35)37-18-21-6-4-3-5-7-21/h3-13,17,19H,14-16,18H2,1-2H3,(H,30,34). The van der Waals surface area contributed by atoms with Gasteiger partial charge in [-0.2, -0.15) is 0 Å². The number of rotatable bonds is 10. The molecule has 0 spiro atoms. The number of hydrogen-bond donors (Lipinski definition) is 1. The van der Waals surface area contributed by atoms with Crippen LogP contribution in [0.15, 0.2) is 82.8 Å². The zero-order chi connectivity index (χ0) is 26.4. The lowest BCUT2D eigenvalue weighted by atomic mass is 10.2. The molecule has 0 unspecified atom stereocenters. The highest BCUT2D eigenvalue weighted by atomic mass is 19.1. The van der Waals surface area contributed by atoms with Crippen molar-refractivity contribution in [2.24, 2.45) is 0 Å². The lowest BCUT2D eigenvalue weighted by Crippen LogP contribution is -2.32. The first kappa shape index (κ1) is 25.8. The van der Waals surface area contributed by atoms with Gasteiger partial charge in [-0.3, -0.25) is 14.4 Å². The lowest BCUT2D eigenvalue weighted by Gasteiger charge is -2.15. The molecule has 2 heterocycles. The summed E-state index contributed by atoms with van der Waals surface area (Å²) in [5.41, 5.74) is 0.190. The molecule has 192 valence electrons. The molecule has 37 heavy (non-hydrogen) atoms. The van der Waals surface area contributed by atoms with E-state index in [0.717, 1.165) is 5.56 Å². The highest BCUT2D eigenvalue weighted by Gasteiger charge is 2.21. The van der Waals surface area contributed by atoms with E-state index in [1.165, 1.54) is 27.3 Å². The van der Waals surface area contributed by atoms with Crippen molar-refractivity contribution in [3.8, 4) is 5.75 Å². The summed E-state index contributed by atoms with van der Waals surface area (Å²) in [5, 5.41) is 2.68. The van der Waals surface area contributed by atoms with E-state index in [9.17, 15) is 18.8 Å². The first-order chi connectivity index (χ1) is 17.8. The molecule has 0 saturated carbocycles. The summed E-state index contributed by atoms with van der Waals surface area (Å²) in [7, 11) is 0. The van der Waals surface area contributed by atoms with Crippen molar-refractivity contribution in [3.05, 3.63) is 116 Å². The zero-order valence-corrected chi connectivity index (χ0v) is 20.6. The fourth-order valence-corrected chi connectivity index (χ4v) is 3.76. The van der Waals surface area contributed by atoms with Crippen molar-refractivity contribution in [2.45, 2.75) is 39.6 Å². The summed E-state index contributed by atoms with van der Waals surface area (Å²) in [6.45, 7) is 4.56. The molecule has 8 nitrogen and oxygen atoms in total. The minimum absolute atomic E-state index is 0.0134. The number of pyridine rings is 1. The van der Waals surface area contributed by atoms with Crippen molar-refractivity contribution >= 4 is 11.4 Å². The zero-order valence-electron chi connectivity index (χ0n) is 20.6. The topological polar surface area (TPSA) is 91.0 Å². The maximum Gasteiger partial charge on any atom is 0.278 e. The average Bonchev–Trinajstić information content (AvgIpc) is 2.89. The number of nitrogens with zero attached hydrogens (tertiary/aromatic N) is 2. The van der Waals surface area contributed by atoms with Crippen molar-refractivity contribution in [3.63, 3.8) is 0 Å². The quantitative estimate of drug-likeness (QED) is 0.356. The van der Waals surface area contributed by atoms with Gasteiger partial charge in [0.1, 0.15) is 18.0 Å². The summed E-state index contributed by atoms with van der Waals surface area (Å²) in [5.74, 6) is -1.23. The Bertz CT molecular complexity index is 1500. The molecule has 2 aromatic heterocycles. The van der Waals surface area contributed by atoms with Crippen molar-refractivity contribution < 1.29 is 18.7 Å². The van der Waals surface area contributed by atoms with Gasteiger partial charge in [0.05, 0.1) is 12.7 Å². The number of carbonyl (C=O) groups excluding carboxylic acids is 1. The number of benzene rings is 2. The summed E-state index contributed by atoms with van der Waals surface area (Å²) < 4.78 is 27.5. The van der Waals surface area contributed by atoms with Crippen LogP contribution >= 0.6 is 0 Å². The molecule has 0 aliphatic heterocycles. The number of aromatic nitrogens is 2. The van der Waals surface area contributed by atoms with Gasteiger partial charge in [-0.05, 0) is 37.1 Å². The van der Waals surface area contributed by atoms with Gasteiger partial charge in [0.2, 0.25) is 5.43 Å². The Balaban J connectivity index is 1.70. The molecule has 0 bridgehead atoms. The third kappa shape index (κ3) is 6.31. The van der Waals surface area contributed by atoms with Crippen LogP contribution in [0.1, 0.15) is 35.3 Å². The molecule has 9 heteroatoms. The minimum atomic E-state index is -0.694. The Kier molecular flexibility index (Phi) is 8.15. The van der Waals surface area contributed by atoms with Crippen LogP contribution in [0.4, 0.5) is 4.39 Å². The minimum Gasteiger partial charge on any atom is -0.483 e. The van der Waals surface area contributed by atoms with Crippen LogP contribution in [0.2, 0.25) is 0 Å². The molecule has 4 aromatic rings. The lowest BCUT2D eigenvalue weighted by molar-refractivity contribution is 0.0722. The first-order valence-corrected chi connectivity index (χ1v) is 11.9. The fourth-order valence-electron chi connectivity index (χ4n) is 3.76. The van der Waals surface area contributed by atoms with Crippen molar-refractivity contribution in [1.29, 1.82) is 0 Å². The summed E-state index contributed by atoms with van der Waals surface area (Å²) in [4.78, 5) is 39.8. The van der Waals surface area contributed by atoms with Gasteiger partial charge in [-0.1, -0.05) is 42.5 Å². The Morgan fingerprint density at radius 1 is 1.00 bits per heavy atom. The predicted octanol–water partition coefficient (Wildman–Crippen LogP) is 3.53. The van der Waals surface area contributed by atoms with Crippen LogP contribution in [-0.4, -0.2) is 27.6 Å². The van der Waals surface area contributed by atoms with Crippen molar-refractivity contribution in [2.75, 3.05) is 6.61 Å². The third-order valence-electron chi connectivity index (χ3n) is 5.68. The molecule has 0 fully saturated rings. The van der Waals surface area contributed by atoms with Gasteiger partial charge in [0, 0.05) is 31.7 Å². The molecule has 0 aliphatic rings. The van der Waals surface area contributed by atoms with E-state index in [0.29, 0.717) is 18.7 Å². The molecule has 0 saturated heterocycles. The van der Waals surface area contributed by atoms with Crippen LogP contribution in [0.5, 0.6) is 5.75 Å². The molecule has 1 amide bonds. The Labute approximate surface area is 212 Å². The molecule has 2 aromatic carbocycles. The van der Waals surface area contributed by atoms with Gasteiger partial charge in [-0.15, -0.1) is 0 Å². The van der Waals surface area contributed by atoms with E-state index in [1.807, 2.05) is 44.2 Å². The highest BCUT2D eigenvalue weighted by molar-refractivity contribution is 5.94. The van der Waals surface area contributed by atoms with Gasteiger partial charge in [0.15, 0.2) is 11.3 Å². The summed E-state index contributed by atoms with van der Waals surface area (Å²) >= 11 is 0. The Morgan fingerprint density at radius 3 is 2.43 bits per heavy atom. The second kappa shape index (κ2) is 11.7. The number of fused-ring (bicyclic) bond motifs is 1. The van der Waals surface area contributed by atoms with E-state index in [-0.39, 0.29) is 41.9 Å². The number of halogens is 1. The molecule has 0 radical (unpaired) electrons. The normalized spacial score (nSPS) is 11.1. The number of carbonyl (C=O) groups is 1. The second-order valence-electron chi connectivity index (χ2n) is 8.76. The van der Waals surface area contributed by atoms with E-state index < -0.39 is 16.9 Å². The number of ether oxygens (including phenoxy) is 2. The van der Waals surface area contributed by atoms with E-state index >= 15 is 0 Å². The first-order valence-electron chi connectivity index (χ1n) is 11.9. The van der Waals surface area contributed by atoms with E-state index in [2.05, 4.69) is 5.32 Å². The Hall–Kier alpha value is -4.24. The largest absolute Gasteiger partial charge is 0.483 e. The number of hydrogen-bond acceptors (Lipinski definition) is 5. The fraction of sp³-hybridized carbons (Fsp3) is 0.250. The summed E-state index contributed by atoms with van der Waals surface area (Å²) in [6.07, 6.45) is 4.51. The van der Waals surface area contributed by atoms with Crippen LogP contribution in [0.25, 0.3) is 5.52 Å². The van der Waals surface area contributed by atoms with Crippen molar-refractivity contribution in [1.82, 2.24) is 14.3 Å². The van der Waals surface area contributed by atoms with Gasteiger partial charge in [-0.25, -0.2) is 4.39 Å². The smallest absolute Gasteiger partial charge is 0.278 e. The van der Waals surface area contributed by atoms with Gasteiger partial charge >= 0.3 is 0 Å². The van der Waals surface area contributed by atoms with Gasteiger partial charge in [0.25, 0.3) is 11.5 Å². The molecule has 4 rings (SSSR count). The van der Waals surface area contributed by atoms with Crippen LogP contribution in [0, 0.1) is 5.82 Å². The Morgan fingerprint density at radius 2 is 1.73 bits per heavy atom. The predicted molar refractivity (Wildman–Crippen MR) is 137 cm³/mol. The van der Waals surface area contributed by atoms with Crippen LogP contribution in [-0.2, 0) is 24.4 Å². The molecular formula is C28H28FN3O5. The molecule has 0 aliphatic carbocycles. The maximum atomic E-state index is 13.4. The van der Waals surface area contributed by atoms with E-state index in [4.69, 9.17) is 9.47 Å². The van der Waals surface area contributed by atoms with Crippen LogP contribution in [0.3, 0.4) is 0 Å². The number of nitrogens with one attached hydrogen (secondary N) is 1. The molecule has 0 atom stereocenters. The SMILES string of the molecule is CC(C)OCCn1ccn2cc(C(=O)NCc3ccc(F)cc3)c(=O)c(OCc3ccccc3)c2c1=O. The van der Waals surface area contributed by atoms with Gasteiger partial charge < -0.3 is 23.8 Å². The maximum absolute atomic E-state index is 13.4. The highest BCUT2D eigenvalue weighted by Crippen LogP contribution is 2.16. The number of amides is 1. The molecular weight excluding hydrogens is 477 g/mol. The third-order valence-corrected chi connectivity index (χ3v) is 5.68. The van der Waals surface area contributed by atoms with Crippen LogP contribution < -0.4 is 21.0 Å². The van der Waals surface area contributed by atoms with E-state index in [1.54, 1.807) is 24.5 Å². The average molecular weight is 506 g/mol. The summed E-state index contributed by atoms with van der Waals surface area (Å²) in [6, 6.07) is 14.9. The second-order valence-corrected chi connectivity index (χ2v) is 8.76.